The van der Waals surface area contributed by atoms with Crippen LogP contribution in [-0.4, -0.2) is 50.3 Å². The lowest BCUT2D eigenvalue weighted by Crippen LogP contribution is -2.42. The molecule has 1 aromatic carbocycles. The van der Waals surface area contributed by atoms with Gasteiger partial charge in [-0.15, -0.1) is 0 Å². The van der Waals surface area contributed by atoms with E-state index in [1.165, 1.54) is 4.31 Å². The summed E-state index contributed by atoms with van der Waals surface area (Å²) in [6.07, 6.45) is 2.33. The number of hydrogen-bond donors (Lipinski definition) is 1. The summed E-state index contributed by atoms with van der Waals surface area (Å²) >= 11 is 0. The van der Waals surface area contributed by atoms with Crippen LogP contribution in [-0.2, 0) is 24.3 Å². The van der Waals surface area contributed by atoms with Crippen LogP contribution in [0, 0.1) is 19.8 Å². The van der Waals surface area contributed by atoms with E-state index in [0.29, 0.717) is 30.7 Å². The van der Waals surface area contributed by atoms with Crippen LogP contribution < -0.4 is 5.32 Å². The number of esters is 1. The number of carbonyl (C=O) groups is 2. The van der Waals surface area contributed by atoms with E-state index >= 15 is 0 Å². The number of ether oxygens (including phenoxy) is 1. The number of benzene rings is 1. The van der Waals surface area contributed by atoms with Crippen molar-refractivity contribution >= 4 is 21.9 Å². The molecule has 1 aromatic rings. The van der Waals surface area contributed by atoms with Crippen LogP contribution in [0.25, 0.3) is 0 Å². The number of sulfonamides is 1. The van der Waals surface area contributed by atoms with Gasteiger partial charge in [-0.2, -0.15) is 4.31 Å². The Hall–Kier alpha value is -1.93. The zero-order chi connectivity index (χ0) is 20.3. The second-order valence-corrected chi connectivity index (χ2v) is 9.57. The maximum absolute atomic E-state index is 13.0. The van der Waals surface area contributed by atoms with Crippen molar-refractivity contribution in [1.82, 2.24) is 9.62 Å². The van der Waals surface area contributed by atoms with Crippen LogP contribution in [0.3, 0.4) is 0 Å². The summed E-state index contributed by atoms with van der Waals surface area (Å²) < 4.78 is 32.8. The van der Waals surface area contributed by atoms with Gasteiger partial charge < -0.3 is 10.1 Å². The van der Waals surface area contributed by atoms with Crippen molar-refractivity contribution in [2.45, 2.75) is 57.0 Å². The molecule has 0 radical (unpaired) electrons. The zero-order valence-corrected chi connectivity index (χ0v) is 17.3. The number of carbonyl (C=O) groups excluding carboxylic acids is 2. The molecule has 8 heteroatoms. The van der Waals surface area contributed by atoms with Gasteiger partial charge in [-0.05, 0) is 57.6 Å². The molecule has 2 heterocycles. The van der Waals surface area contributed by atoms with Gasteiger partial charge in [0.25, 0.3) is 5.91 Å². The Morgan fingerprint density at radius 2 is 1.86 bits per heavy atom. The monoisotopic (exact) mass is 408 g/mol. The number of piperidine rings is 1. The summed E-state index contributed by atoms with van der Waals surface area (Å²) in [7, 11) is -3.58. The van der Waals surface area contributed by atoms with E-state index in [1.54, 1.807) is 19.1 Å². The molecule has 154 valence electrons. The molecule has 0 aromatic heterocycles. The highest BCUT2D eigenvalue weighted by atomic mass is 32.2. The molecular weight excluding hydrogens is 380 g/mol. The van der Waals surface area contributed by atoms with Gasteiger partial charge in [0, 0.05) is 19.6 Å². The summed E-state index contributed by atoms with van der Waals surface area (Å²) in [6, 6.07) is 5.29. The smallest absolute Gasteiger partial charge is 0.309 e. The van der Waals surface area contributed by atoms with Crippen LogP contribution in [0.4, 0.5) is 0 Å². The third kappa shape index (κ3) is 4.55. The molecule has 7 nitrogen and oxygen atoms in total. The van der Waals surface area contributed by atoms with Crippen molar-refractivity contribution in [3.8, 4) is 0 Å². The molecule has 0 unspecified atom stereocenters. The Balaban J connectivity index is 1.60. The fourth-order valence-electron chi connectivity index (χ4n) is 3.82. The quantitative estimate of drug-likeness (QED) is 0.769. The van der Waals surface area contributed by atoms with E-state index < -0.39 is 22.1 Å². The van der Waals surface area contributed by atoms with Crippen molar-refractivity contribution in [1.29, 1.82) is 0 Å². The molecular formula is C20H28N2O5S. The lowest BCUT2D eigenvalue weighted by molar-refractivity contribution is -0.161. The van der Waals surface area contributed by atoms with Gasteiger partial charge in [0.15, 0.2) is 6.10 Å². The predicted molar refractivity (Wildman–Crippen MR) is 104 cm³/mol. The molecule has 2 aliphatic rings. The fourth-order valence-corrected chi connectivity index (χ4v) is 5.50. The van der Waals surface area contributed by atoms with E-state index in [0.717, 1.165) is 24.0 Å². The van der Waals surface area contributed by atoms with Crippen LogP contribution in [0.1, 0.15) is 43.2 Å². The number of rotatable bonds is 4. The molecule has 3 rings (SSSR count). The molecule has 28 heavy (non-hydrogen) atoms. The van der Waals surface area contributed by atoms with Crippen molar-refractivity contribution in [3.05, 3.63) is 29.3 Å². The molecule has 1 N–H and O–H groups in total. The van der Waals surface area contributed by atoms with Gasteiger partial charge in [0.05, 0.1) is 10.8 Å². The van der Waals surface area contributed by atoms with E-state index in [-0.39, 0.29) is 24.9 Å². The summed E-state index contributed by atoms with van der Waals surface area (Å²) in [6.45, 7) is 4.87. The molecule has 0 bridgehead atoms. The molecule has 1 atom stereocenters. The molecule has 2 aliphatic heterocycles. The van der Waals surface area contributed by atoms with Gasteiger partial charge in [0.1, 0.15) is 0 Å². The standard InChI is InChI=1S/C20H28N2O5S/c1-14-6-7-18(15(2)13-14)28(25,26)22-11-8-16(9-12-22)20(24)27-17-5-3-4-10-21-19(17)23/h6-7,13,16-17H,3-5,8-12H2,1-2H3,(H,21,23)/t17-/m1/s1. The minimum atomic E-state index is -3.58. The molecule has 0 saturated carbocycles. The maximum Gasteiger partial charge on any atom is 0.309 e. The van der Waals surface area contributed by atoms with Crippen LogP contribution in [0.15, 0.2) is 23.1 Å². The van der Waals surface area contributed by atoms with Gasteiger partial charge >= 0.3 is 5.97 Å². The maximum atomic E-state index is 13.0. The Labute approximate surface area is 166 Å². The Bertz CT molecular complexity index is 844. The predicted octanol–water partition coefficient (Wildman–Crippen LogP) is 1.92. The molecule has 2 saturated heterocycles. The molecule has 1 amide bonds. The first-order chi connectivity index (χ1) is 13.3. The molecule has 0 aliphatic carbocycles. The highest BCUT2D eigenvalue weighted by Gasteiger charge is 2.35. The average Bonchev–Trinajstić information content (AvgIpc) is 2.86. The van der Waals surface area contributed by atoms with Gasteiger partial charge in [-0.25, -0.2) is 8.42 Å². The number of amides is 1. The number of aryl methyl sites for hydroxylation is 2. The van der Waals surface area contributed by atoms with Crippen molar-refractivity contribution in [2.24, 2.45) is 5.92 Å². The van der Waals surface area contributed by atoms with Gasteiger partial charge in [-0.1, -0.05) is 17.7 Å². The molecule has 2 fully saturated rings. The zero-order valence-electron chi connectivity index (χ0n) is 16.4. The van der Waals surface area contributed by atoms with E-state index in [2.05, 4.69) is 5.32 Å². The summed E-state index contributed by atoms with van der Waals surface area (Å²) in [5.74, 6) is -1.01. The van der Waals surface area contributed by atoms with E-state index in [1.807, 2.05) is 13.0 Å². The largest absolute Gasteiger partial charge is 0.452 e. The first-order valence-electron chi connectivity index (χ1n) is 9.84. The minimum absolute atomic E-state index is 0.235. The van der Waals surface area contributed by atoms with E-state index in [4.69, 9.17) is 4.74 Å². The fraction of sp³-hybridized carbons (Fsp3) is 0.600. The summed E-state index contributed by atoms with van der Waals surface area (Å²) in [5.41, 5.74) is 1.74. The third-order valence-corrected chi connectivity index (χ3v) is 7.54. The number of nitrogens with zero attached hydrogens (tertiary/aromatic N) is 1. The highest BCUT2D eigenvalue weighted by molar-refractivity contribution is 7.89. The van der Waals surface area contributed by atoms with Gasteiger partial charge in [-0.3, -0.25) is 9.59 Å². The van der Waals surface area contributed by atoms with Crippen molar-refractivity contribution in [3.63, 3.8) is 0 Å². The Morgan fingerprint density at radius 3 is 2.54 bits per heavy atom. The Morgan fingerprint density at radius 1 is 1.14 bits per heavy atom. The Kier molecular flexibility index (Phi) is 6.40. The van der Waals surface area contributed by atoms with Crippen LogP contribution in [0.2, 0.25) is 0 Å². The second-order valence-electron chi connectivity index (χ2n) is 7.66. The number of hydrogen-bond acceptors (Lipinski definition) is 5. The minimum Gasteiger partial charge on any atom is -0.452 e. The van der Waals surface area contributed by atoms with Crippen LogP contribution in [0.5, 0.6) is 0 Å². The second kappa shape index (κ2) is 8.61. The lowest BCUT2D eigenvalue weighted by Gasteiger charge is -2.31. The first-order valence-corrected chi connectivity index (χ1v) is 11.3. The number of nitrogens with one attached hydrogen (secondary N) is 1. The lowest BCUT2D eigenvalue weighted by atomic mass is 9.98. The summed E-state index contributed by atoms with van der Waals surface area (Å²) in [5, 5.41) is 2.75. The highest BCUT2D eigenvalue weighted by Crippen LogP contribution is 2.27. The van der Waals surface area contributed by atoms with Crippen molar-refractivity contribution in [2.75, 3.05) is 19.6 Å². The SMILES string of the molecule is Cc1ccc(S(=O)(=O)N2CCC(C(=O)O[C@@H]3CCCCNC3=O)CC2)c(C)c1. The van der Waals surface area contributed by atoms with E-state index in [9.17, 15) is 18.0 Å². The normalized spacial score (nSPS) is 22.4. The first kappa shape index (κ1) is 20.8. The average molecular weight is 409 g/mol. The third-order valence-electron chi connectivity index (χ3n) is 5.48. The topological polar surface area (TPSA) is 92.8 Å². The van der Waals surface area contributed by atoms with Gasteiger partial charge in [0.2, 0.25) is 10.0 Å². The van der Waals surface area contributed by atoms with Crippen molar-refractivity contribution < 1.29 is 22.7 Å². The summed E-state index contributed by atoms with van der Waals surface area (Å²) in [4.78, 5) is 24.7. The van der Waals surface area contributed by atoms with Crippen LogP contribution >= 0.6 is 0 Å². The molecule has 0 spiro atoms.